The lowest BCUT2D eigenvalue weighted by atomic mass is 10.1. The number of ether oxygens (including phenoxy) is 4. The summed E-state index contributed by atoms with van der Waals surface area (Å²) in [5, 5.41) is 0. The van der Waals surface area contributed by atoms with E-state index in [9.17, 15) is 18.0 Å². The molecule has 0 atom stereocenters. The molecule has 1 fully saturated rings. The SMILES string of the molecule is CCCCCS(=O)(=O)NC(=O)C=Cc1ccc(OCCOC)cc1OC1CCN(C(=O)OC(C)(C)C)CC1. The van der Waals surface area contributed by atoms with Crippen molar-refractivity contribution in [3.05, 3.63) is 29.8 Å². The van der Waals surface area contributed by atoms with Crippen LogP contribution < -0.4 is 14.2 Å². The second-order valence-electron chi connectivity index (χ2n) is 10.2. The number of carbonyl (C=O) groups excluding carboxylic acids is 2. The summed E-state index contributed by atoms with van der Waals surface area (Å²) in [7, 11) is -2.10. The van der Waals surface area contributed by atoms with Crippen molar-refractivity contribution in [3.63, 3.8) is 0 Å². The van der Waals surface area contributed by atoms with Gasteiger partial charge < -0.3 is 23.8 Å². The first-order valence-electron chi connectivity index (χ1n) is 13.1. The van der Waals surface area contributed by atoms with Gasteiger partial charge in [0.1, 0.15) is 29.8 Å². The largest absolute Gasteiger partial charge is 0.491 e. The Morgan fingerprint density at radius 2 is 1.84 bits per heavy atom. The third kappa shape index (κ3) is 11.7. The Labute approximate surface area is 226 Å². The molecule has 1 aliphatic heterocycles. The summed E-state index contributed by atoms with van der Waals surface area (Å²) in [6.45, 7) is 9.25. The molecule has 1 heterocycles. The maximum Gasteiger partial charge on any atom is 0.410 e. The van der Waals surface area contributed by atoms with Crippen LogP contribution in [0.15, 0.2) is 24.3 Å². The Morgan fingerprint density at radius 3 is 2.47 bits per heavy atom. The molecule has 11 heteroatoms. The van der Waals surface area contributed by atoms with Crippen LogP contribution >= 0.6 is 0 Å². The predicted octanol–water partition coefficient (Wildman–Crippen LogP) is 4.14. The highest BCUT2D eigenvalue weighted by atomic mass is 32.2. The van der Waals surface area contributed by atoms with Gasteiger partial charge in [-0.2, -0.15) is 0 Å². The van der Waals surface area contributed by atoms with Crippen molar-refractivity contribution < 1.29 is 37.0 Å². The molecule has 0 radical (unpaired) electrons. The summed E-state index contributed by atoms with van der Waals surface area (Å²) >= 11 is 0. The van der Waals surface area contributed by atoms with Gasteiger partial charge in [-0.3, -0.25) is 4.79 Å². The van der Waals surface area contributed by atoms with Crippen molar-refractivity contribution >= 4 is 28.1 Å². The van der Waals surface area contributed by atoms with Crippen molar-refractivity contribution in [1.29, 1.82) is 0 Å². The number of likely N-dealkylation sites (tertiary alicyclic amines) is 1. The highest BCUT2D eigenvalue weighted by Crippen LogP contribution is 2.29. The number of nitrogens with zero attached hydrogens (tertiary/aromatic N) is 1. The fourth-order valence-corrected chi connectivity index (χ4v) is 4.76. The molecule has 38 heavy (non-hydrogen) atoms. The molecule has 0 aliphatic carbocycles. The van der Waals surface area contributed by atoms with E-state index in [4.69, 9.17) is 18.9 Å². The van der Waals surface area contributed by atoms with Crippen LogP contribution in [0.5, 0.6) is 11.5 Å². The van der Waals surface area contributed by atoms with Gasteiger partial charge in [-0.1, -0.05) is 19.8 Å². The molecule has 1 N–H and O–H groups in total. The highest BCUT2D eigenvalue weighted by Gasteiger charge is 2.28. The zero-order valence-electron chi connectivity index (χ0n) is 23.2. The van der Waals surface area contributed by atoms with E-state index in [1.54, 1.807) is 30.2 Å². The smallest absolute Gasteiger partial charge is 0.410 e. The fraction of sp³-hybridized carbons (Fsp3) is 0.630. The van der Waals surface area contributed by atoms with E-state index < -0.39 is 21.5 Å². The van der Waals surface area contributed by atoms with Gasteiger partial charge in [-0.15, -0.1) is 0 Å². The first-order chi connectivity index (χ1) is 17.9. The quantitative estimate of drug-likeness (QED) is 0.285. The summed E-state index contributed by atoms with van der Waals surface area (Å²) in [4.78, 5) is 26.3. The number of benzene rings is 1. The van der Waals surface area contributed by atoms with E-state index in [0.717, 1.165) is 12.8 Å². The van der Waals surface area contributed by atoms with Crippen molar-refractivity contribution in [2.45, 2.75) is 71.5 Å². The van der Waals surface area contributed by atoms with Gasteiger partial charge in [0.15, 0.2) is 0 Å². The first-order valence-corrected chi connectivity index (χ1v) is 14.7. The Kier molecular flexibility index (Phi) is 12.4. The molecular weight excluding hydrogens is 512 g/mol. The van der Waals surface area contributed by atoms with Crippen LogP contribution in [0.4, 0.5) is 4.79 Å². The van der Waals surface area contributed by atoms with Gasteiger partial charge in [-0.05, 0) is 45.4 Å². The van der Waals surface area contributed by atoms with Crippen LogP contribution in [-0.2, 0) is 24.3 Å². The number of sulfonamides is 1. The second kappa shape index (κ2) is 15.0. The summed E-state index contributed by atoms with van der Waals surface area (Å²) in [5.41, 5.74) is 0.0352. The maximum absolute atomic E-state index is 12.4. The Morgan fingerprint density at radius 1 is 1.13 bits per heavy atom. The third-order valence-corrected chi connectivity index (χ3v) is 6.95. The van der Waals surface area contributed by atoms with E-state index >= 15 is 0 Å². The zero-order chi connectivity index (χ0) is 28.2. The summed E-state index contributed by atoms with van der Waals surface area (Å²) in [6, 6.07) is 5.22. The first kappa shape index (κ1) is 31.4. The van der Waals surface area contributed by atoms with Crippen LogP contribution in [0.2, 0.25) is 0 Å². The standard InChI is InChI=1S/C27H42N2O8S/c1-6-7-8-19-38(32,33)28-25(30)12-10-21-9-11-23(35-18-17-34-5)20-24(21)36-22-13-15-29(16-14-22)26(31)37-27(2,3)4/h9-12,20,22H,6-8,13-19H2,1-5H3,(H,28,30). The molecule has 0 spiro atoms. The van der Waals surface area contributed by atoms with Crippen molar-refractivity contribution in [2.24, 2.45) is 0 Å². The summed E-state index contributed by atoms with van der Waals surface area (Å²) in [5.74, 6) is 0.247. The number of piperidine rings is 1. The second-order valence-corrected chi connectivity index (χ2v) is 12.0. The van der Waals surface area contributed by atoms with Gasteiger partial charge in [0.2, 0.25) is 10.0 Å². The van der Waals surface area contributed by atoms with Crippen LogP contribution in [0, 0.1) is 0 Å². The number of rotatable bonds is 13. The van der Waals surface area contributed by atoms with Crippen molar-refractivity contribution in [3.8, 4) is 11.5 Å². The number of hydrogen-bond donors (Lipinski definition) is 1. The number of amides is 2. The van der Waals surface area contributed by atoms with Crippen LogP contribution in [-0.4, -0.2) is 76.2 Å². The van der Waals surface area contributed by atoms with Gasteiger partial charge in [0.05, 0.1) is 12.4 Å². The van der Waals surface area contributed by atoms with Crippen LogP contribution in [0.1, 0.15) is 65.4 Å². The number of hydrogen-bond acceptors (Lipinski definition) is 8. The zero-order valence-corrected chi connectivity index (χ0v) is 24.0. The Balaban J connectivity index is 2.09. The lowest BCUT2D eigenvalue weighted by Gasteiger charge is -2.33. The molecule has 0 bridgehead atoms. The van der Waals surface area contributed by atoms with Crippen LogP contribution in [0.25, 0.3) is 6.08 Å². The lowest BCUT2D eigenvalue weighted by Crippen LogP contribution is -2.44. The third-order valence-electron chi connectivity index (χ3n) is 5.62. The number of nitrogens with one attached hydrogen (secondary N) is 1. The molecule has 1 saturated heterocycles. The molecule has 0 saturated carbocycles. The molecule has 2 rings (SSSR count). The minimum Gasteiger partial charge on any atom is -0.491 e. The predicted molar refractivity (Wildman–Crippen MR) is 146 cm³/mol. The molecular formula is C27H42N2O8S. The van der Waals surface area contributed by atoms with E-state index in [1.165, 1.54) is 12.2 Å². The van der Waals surface area contributed by atoms with Crippen molar-refractivity contribution in [1.82, 2.24) is 9.62 Å². The van der Waals surface area contributed by atoms with Gasteiger partial charge in [0.25, 0.3) is 5.91 Å². The van der Waals surface area contributed by atoms with E-state index in [0.29, 0.717) is 62.6 Å². The van der Waals surface area contributed by atoms with Crippen molar-refractivity contribution in [2.75, 3.05) is 39.2 Å². The molecule has 0 aromatic heterocycles. The molecule has 214 valence electrons. The Bertz CT molecular complexity index is 1040. The van der Waals surface area contributed by atoms with Gasteiger partial charge in [0, 0.05) is 50.7 Å². The maximum atomic E-state index is 12.4. The average molecular weight is 555 g/mol. The minimum atomic E-state index is -3.69. The molecule has 0 unspecified atom stereocenters. The summed E-state index contributed by atoms with van der Waals surface area (Å²) in [6.07, 6.45) is 5.56. The Hall–Kier alpha value is -2.79. The topological polar surface area (TPSA) is 120 Å². The van der Waals surface area contributed by atoms with E-state index in [-0.39, 0.29) is 18.0 Å². The normalized spacial score (nSPS) is 14.9. The van der Waals surface area contributed by atoms with E-state index in [1.807, 2.05) is 27.7 Å². The van der Waals surface area contributed by atoms with Crippen LogP contribution in [0.3, 0.4) is 0 Å². The molecule has 2 amide bonds. The fourth-order valence-electron chi connectivity index (χ4n) is 3.70. The minimum absolute atomic E-state index is 0.0930. The number of methoxy groups -OCH3 is 1. The number of carbonyl (C=O) groups is 2. The highest BCUT2D eigenvalue weighted by molar-refractivity contribution is 7.90. The van der Waals surface area contributed by atoms with Gasteiger partial charge in [-0.25, -0.2) is 17.9 Å². The lowest BCUT2D eigenvalue weighted by molar-refractivity contribution is -0.114. The molecule has 1 aliphatic rings. The average Bonchev–Trinajstić information content (AvgIpc) is 2.83. The monoisotopic (exact) mass is 554 g/mol. The molecule has 10 nitrogen and oxygen atoms in total. The molecule has 1 aromatic carbocycles. The van der Waals surface area contributed by atoms with Gasteiger partial charge >= 0.3 is 6.09 Å². The summed E-state index contributed by atoms with van der Waals surface area (Å²) < 4.78 is 48.8. The number of unbranched alkanes of at least 4 members (excludes halogenated alkanes) is 2. The molecule has 1 aromatic rings. The van der Waals surface area contributed by atoms with E-state index in [2.05, 4.69) is 4.72 Å².